The summed E-state index contributed by atoms with van der Waals surface area (Å²) in [6.45, 7) is 2.12. The molecule has 2 aromatic rings. The van der Waals surface area contributed by atoms with Crippen LogP contribution in [-0.2, 0) is 9.59 Å². The molecule has 2 fully saturated rings. The van der Waals surface area contributed by atoms with Gasteiger partial charge in [-0.15, -0.1) is 5.10 Å². The minimum absolute atomic E-state index is 0.0176. The molecule has 170 valence electrons. The number of carbonyl (C=O) groups is 3. The Kier molecular flexibility index (Phi) is 7.04. The molecule has 4 rings (SSSR count). The Labute approximate surface area is 195 Å². The highest BCUT2D eigenvalue weighted by atomic mass is 32.2. The second-order valence-electron chi connectivity index (χ2n) is 7.67. The Balaban J connectivity index is 1.28. The van der Waals surface area contributed by atoms with Crippen LogP contribution in [0.25, 0.3) is 0 Å². The summed E-state index contributed by atoms with van der Waals surface area (Å²) < 4.78 is 0. The van der Waals surface area contributed by atoms with Crippen molar-refractivity contribution in [3.8, 4) is 0 Å². The molecule has 33 heavy (non-hydrogen) atoms. The molecule has 9 nitrogen and oxygen atoms in total. The average molecular weight is 466 g/mol. The fourth-order valence-corrected chi connectivity index (χ4v) is 4.48. The molecule has 10 heteroatoms. The van der Waals surface area contributed by atoms with Gasteiger partial charge in [0.2, 0.25) is 11.8 Å². The number of amides is 2. The van der Waals surface area contributed by atoms with Gasteiger partial charge in [0.25, 0.3) is 0 Å². The summed E-state index contributed by atoms with van der Waals surface area (Å²) in [4.78, 5) is 37.8. The average Bonchev–Trinajstić information content (AvgIpc) is 3.45. The number of carboxylic acid groups (broad SMARTS) is 1. The van der Waals surface area contributed by atoms with Crippen LogP contribution in [0.15, 0.2) is 58.7 Å². The van der Waals surface area contributed by atoms with E-state index in [9.17, 15) is 14.4 Å². The standard InChI is InChI=1S/C23H23N5O4S/c29-20(25-17-7-9-18(10-8-17)28-11-1-2-12-28)13-19-21(30)26-23(33-19)27-24-14-15-3-5-16(6-4-15)22(31)32/h3-10,14,19H,1-2,11-13H2,(H,25,29)(H,31,32)(H,26,27,30)/b24-14+. The fraction of sp³-hybridized carbons (Fsp3) is 0.261. The summed E-state index contributed by atoms with van der Waals surface area (Å²) in [7, 11) is 0. The minimum Gasteiger partial charge on any atom is -0.478 e. The van der Waals surface area contributed by atoms with Gasteiger partial charge in [0, 0.05) is 30.9 Å². The van der Waals surface area contributed by atoms with Crippen LogP contribution >= 0.6 is 11.8 Å². The Hall–Kier alpha value is -3.66. The number of nitrogens with zero attached hydrogens (tertiary/aromatic N) is 3. The van der Waals surface area contributed by atoms with Gasteiger partial charge in [-0.05, 0) is 54.8 Å². The first-order valence-electron chi connectivity index (χ1n) is 10.5. The molecule has 0 spiro atoms. The van der Waals surface area contributed by atoms with Crippen molar-refractivity contribution in [3.63, 3.8) is 0 Å². The van der Waals surface area contributed by atoms with Crippen molar-refractivity contribution < 1.29 is 19.5 Å². The van der Waals surface area contributed by atoms with E-state index in [1.807, 2.05) is 24.3 Å². The minimum atomic E-state index is -1.00. The van der Waals surface area contributed by atoms with Crippen molar-refractivity contribution in [2.45, 2.75) is 24.5 Å². The number of carbonyl (C=O) groups excluding carboxylic acids is 2. The number of nitrogens with one attached hydrogen (secondary N) is 2. The second-order valence-corrected chi connectivity index (χ2v) is 8.86. The molecular weight excluding hydrogens is 442 g/mol. The van der Waals surface area contributed by atoms with E-state index in [0.29, 0.717) is 16.4 Å². The lowest BCUT2D eigenvalue weighted by atomic mass is 10.1. The maximum absolute atomic E-state index is 12.4. The molecule has 0 saturated carbocycles. The quantitative estimate of drug-likeness (QED) is 0.427. The molecule has 0 radical (unpaired) electrons. The molecular formula is C23H23N5O4S. The number of hydrogen-bond acceptors (Lipinski definition) is 7. The van der Waals surface area contributed by atoms with Gasteiger partial charge in [-0.2, -0.15) is 5.10 Å². The van der Waals surface area contributed by atoms with Crippen molar-refractivity contribution in [2.75, 3.05) is 23.3 Å². The number of benzene rings is 2. The molecule has 2 aliphatic heterocycles. The zero-order valence-electron chi connectivity index (χ0n) is 17.7. The highest BCUT2D eigenvalue weighted by molar-refractivity contribution is 8.15. The van der Waals surface area contributed by atoms with Gasteiger partial charge < -0.3 is 20.6 Å². The largest absolute Gasteiger partial charge is 0.478 e. The maximum Gasteiger partial charge on any atom is 0.335 e. The Bertz CT molecular complexity index is 1090. The maximum atomic E-state index is 12.4. The second kappa shape index (κ2) is 10.3. The smallest absolute Gasteiger partial charge is 0.335 e. The van der Waals surface area contributed by atoms with E-state index in [-0.39, 0.29) is 23.8 Å². The van der Waals surface area contributed by atoms with Gasteiger partial charge >= 0.3 is 5.97 Å². The molecule has 0 aliphatic carbocycles. The molecule has 2 aliphatic rings. The lowest BCUT2D eigenvalue weighted by molar-refractivity contribution is -0.122. The Morgan fingerprint density at radius 2 is 1.82 bits per heavy atom. The van der Waals surface area contributed by atoms with Gasteiger partial charge in [-0.1, -0.05) is 23.9 Å². The fourth-order valence-electron chi connectivity index (χ4n) is 3.56. The van der Waals surface area contributed by atoms with Crippen LogP contribution in [0.3, 0.4) is 0 Å². The van der Waals surface area contributed by atoms with E-state index in [1.54, 1.807) is 12.1 Å². The lowest BCUT2D eigenvalue weighted by Crippen LogP contribution is -2.28. The Morgan fingerprint density at radius 1 is 1.12 bits per heavy atom. The van der Waals surface area contributed by atoms with Crippen LogP contribution in [-0.4, -0.2) is 52.6 Å². The van der Waals surface area contributed by atoms with Crippen LogP contribution < -0.4 is 15.5 Å². The van der Waals surface area contributed by atoms with Crippen LogP contribution in [0.2, 0.25) is 0 Å². The van der Waals surface area contributed by atoms with Crippen molar-refractivity contribution in [3.05, 3.63) is 59.7 Å². The molecule has 1 atom stereocenters. The highest BCUT2D eigenvalue weighted by Gasteiger charge is 2.32. The number of thioether (sulfide) groups is 1. The molecule has 2 aromatic carbocycles. The first-order valence-corrected chi connectivity index (χ1v) is 11.4. The van der Waals surface area contributed by atoms with Crippen molar-refractivity contribution >= 4 is 52.3 Å². The molecule has 1 unspecified atom stereocenters. The van der Waals surface area contributed by atoms with Gasteiger partial charge in [-0.25, -0.2) is 4.79 Å². The van der Waals surface area contributed by atoms with Crippen molar-refractivity contribution in [1.29, 1.82) is 0 Å². The summed E-state index contributed by atoms with van der Waals surface area (Å²) in [6, 6.07) is 13.9. The first kappa shape index (κ1) is 22.5. The normalized spacial score (nSPS) is 19.3. The van der Waals surface area contributed by atoms with E-state index in [1.165, 1.54) is 31.2 Å². The van der Waals surface area contributed by atoms with Gasteiger partial charge in [0.1, 0.15) is 5.25 Å². The van der Waals surface area contributed by atoms with Crippen LogP contribution in [0.1, 0.15) is 35.2 Å². The number of aromatic carboxylic acids is 1. The monoisotopic (exact) mass is 465 g/mol. The number of rotatable bonds is 7. The first-order chi connectivity index (χ1) is 16.0. The van der Waals surface area contributed by atoms with E-state index < -0.39 is 11.2 Å². The van der Waals surface area contributed by atoms with Crippen molar-refractivity contribution in [2.24, 2.45) is 10.2 Å². The van der Waals surface area contributed by atoms with E-state index in [0.717, 1.165) is 30.5 Å². The lowest BCUT2D eigenvalue weighted by Gasteiger charge is -2.17. The van der Waals surface area contributed by atoms with Crippen LogP contribution in [0.4, 0.5) is 11.4 Å². The van der Waals surface area contributed by atoms with Gasteiger partial charge in [-0.3, -0.25) is 9.59 Å². The summed E-state index contributed by atoms with van der Waals surface area (Å²) in [6.07, 6.45) is 3.88. The third-order valence-corrected chi connectivity index (χ3v) is 6.35. The summed E-state index contributed by atoms with van der Waals surface area (Å²) in [5.41, 5.74) is 2.69. The van der Waals surface area contributed by atoms with E-state index in [4.69, 9.17) is 5.11 Å². The predicted octanol–water partition coefficient (Wildman–Crippen LogP) is 2.94. The van der Waals surface area contributed by atoms with E-state index in [2.05, 4.69) is 25.7 Å². The molecule has 2 saturated heterocycles. The zero-order chi connectivity index (χ0) is 23.2. The molecule has 3 N–H and O–H groups in total. The number of hydrogen-bond donors (Lipinski definition) is 3. The summed E-state index contributed by atoms with van der Waals surface area (Å²) in [5, 5.41) is 22.0. The van der Waals surface area contributed by atoms with E-state index >= 15 is 0 Å². The van der Waals surface area contributed by atoms with Crippen LogP contribution in [0, 0.1) is 0 Å². The zero-order valence-corrected chi connectivity index (χ0v) is 18.5. The molecule has 2 amide bonds. The molecule has 0 bridgehead atoms. The number of amidine groups is 1. The van der Waals surface area contributed by atoms with Crippen LogP contribution in [0.5, 0.6) is 0 Å². The van der Waals surface area contributed by atoms with Gasteiger partial charge in [0.15, 0.2) is 5.17 Å². The molecule has 0 aromatic heterocycles. The van der Waals surface area contributed by atoms with Crippen molar-refractivity contribution in [1.82, 2.24) is 5.32 Å². The summed E-state index contributed by atoms with van der Waals surface area (Å²) in [5.74, 6) is -1.54. The third kappa shape index (κ3) is 5.98. The predicted molar refractivity (Wildman–Crippen MR) is 129 cm³/mol. The SMILES string of the molecule is O=C(CC1S/C(=N/N=C/c2ccc(C(=O)O)cc2)NC1=O)Nc1ccc(N2CCCC2)cc1. The van der Waals surface area contributed by atoms with Gasteiger partial charge in [0.05, 0.1) is 11.8 Å². The third-order valence-electron chi connectivity index (χ3n) is 5.28. The Morgan fingerprint density at radius 3 is 2.48 bits per heavy atom. The number of anilines is 2. The molecule has 2 heterocycles. The number of carboxylic acids is 1. The highest BCUT2D eigenvalue weighted by Crippen LogP contribution is 2.24. The topological polar surface area (TPSA) is 123 Å². The summed E-state index contributed by atoms with van der Waals surface area (Å²) >= 11 is 1.15.